The molecule has 0 radical (unpaired) electrons. The Morgan fingerprint density at radius 3 is 2.63 bits per heavy atom. The Kier molecular flexibility index (Phi) is 6.11. The SMILES string of the molecule is CCCC(=O)OCCCC1(O)CC[C@H]2[C@@H]3CCC4CC(=O)CC[C@]4(C)[C@@H]3CC[C@@]21C. The highest BCUT2D eigenvalue weighted by molar-refractivity contribution is 5.79. The smallest absolute Gasteiger partial charge is 0.305 e. The molecule has 4 rings (SSSR count). The Morgan fingerprint density at radius 2 is 1.87 bits per heavy atom. The number of hydrogen-bond acceptors (Lipinski definition) is 4. The summed E-state index contributed by atoms with van der Waals surface area (Å²) in [4.78, 5) is 23.7. The maximum Gasteiger partial charge on any atom is 0.305 e. The third-order valence-electron chi connectivity index (χ3n) is 10.3. The number of Topliss-reactive ketones (excluding diaryl/α,β-unsaturated/α-hetero) is 1. The van der Waals surface area contributed by atoms with Gasteiger partial charge in [-0.05, 0) is 98.7 Å². The molecule has 0 heterocycles. The molecule has 0 aromatic rings. The van der Waals surface area contributed by atoms with E-state index in [9.17, 15) is 14.7 Å². The number of rotatable bonds is 6. The molecule has 0 amide bonds. The van der Waals surface area contributed by atoms with Crippen LogP contribution in [0, 0.1) is 34.5 Å². The first kappa shape index (κ1) is 22.3. The Bertz CT molecular complexity index is 674. The van der Waals surface area contributed by atoms with Crippen molar-refractivity contribution in [2.24, 2.45) is 34.5 Å². The van der Waals surface area contributed by atoms with Crippen LogP contribution in [0.4, 0.5) is 0 Å². The number of carbonyl (C=O) groups excluding carboxylic acids is 2. The van der Waals surface area contributed by atoms with Crippen molar-refractivity contribution < 1.29 is 19.4 Å². The molecule has 7 atom stereocenters. The first-order chi connectivity index (χ1) is 14.2. The van der Waals surface area contributed by atoms with E-state index in [1.165, 1.54) is 19.3 Å². The lowest BCUT2D eigenvalue weighted by Gasteiger charge is -2.61. The van der Waals surface area contributed by atoms with Gasteiger partial charge < -0.3 is 9.84 Å². The Morgan fingerprint density at radius 1 is 1.10 bits per heavy atom. The van der Waals surface area contributed by atoms with Crippen LogP contribution in [0.5, 0.6) is 0 Å². The molecule has 4 nitrogen and oxygen atoms in total. The van der Waals surface area contributed by atoms with Crippen LogP contribution in [0.2, 0.25) is 0 Å². The van der Waals surface area contributed by atoms with E-state index in [0.717, 1.165) is 63.7 Å². The summed E-state index contributed by atoms with van der Waals surface area (Å²) in [6, 6.07) is 0. The number of esters is 1. The van der Waals surface area contributed by atoms with Crippen molar-refractivity contribution >= 4 is 11.8 Å². The van der Waals surface area contributed by atoms with E-state index < -0.39 is 5.60 Å². The molecule has 0 aromatic heterocycles. The lowest BCUT2D eigenvalue weighted by molar-refractivity contribution is -0.160. The van der Waals surface area contributed by atoms with Gasteiger partial charge >= 0.3 is 5.97 Å². The number of ether oxygens (including phenoxy) is 1. The molecular weight excluding hydrogens is 376 g/mol. The summed E-state index contributed by atoms with van der Waals surface area (Å²) < 4.78 is 5.35. The molecule has 0 aliphatic heterocycles. The number of ketones is 1. The summed E-state index contributed by atoms with van der Waals surface area (Å²) in [6.07, 6.45) is 12.2. The Hall–Kier alpha value is -0.900. The van der Waals surface area contributed by atoms with Crippen molar-refractivity contribution in [3.63, 3.8) is 0 Å². The third kappa shape index (κ3) is 3.55. The van der Waals surface area contributed by atoms with Gasteiger partial charge in [-0.2, -0.15) is 0 Å². The molecule has 4 saturated carbocycles. The number of hydrogen-bond donors (Lipinski definition) is 1. The second kappa shape index (κ2) is 8.22. The highest BCUT2D eigenvalue weighted by Crippen LogP contribution is 2.68. The van der Waals surface area contributed by atoms with Gasteiger partial charge in [-0.25, -0.2) is 0 Å². The quantitative estimate of drug-likeness (QED) is 0.460. The fraction of sp³-hybridized carbons (Fsp3) is 0.923. The van der Waals surface area contributed by atoms with Crippen LogP contribution in [-0.2, 0) is 14.3 Å². The van der Waals surface area contributed by atoms with Crippen LogP contribution in [0.25, 0.3) is 0 Å². The van der Waals surface area contributed by atoms with E-state index in [-0.39, 0.29) is 11.4 Å². The molecule has 0 spiro atoms. The molecule has 4 fully saturated rings. The second-order valence-corrected chi connectivity index (χ2v) is 11.5. The van der Waals surface area contributed by atoms with Gasteiger partial charge in [0, 0.05) is 19.3 Å². The van der Waals surface area contributed by atoms with Crippen molar-refractivity contribution in [2.45, 2.75) is 110 Å². The molecule has 170 valence electrons. The van der Waals surface area contributed by atoms with Crippen molar-refractivity contribution in [3.05, 3.63) is 0 Å². The number of fused-ring (bicyclic) bond motifs is 5. The van der Waals surface area contributed by atoms with Gasteiger partial charge in [-0.15, -0.1) is 0 Å². The lowest BCUT2D eigenvalue weighted by Crippen LogP contribution is -2.56. The highest BCUT2D eigenvalue weighted by Gasteiger charge is 2.64. The first-order valence-electron chi connectivity index (χ1n) is 12.6. The maximum absolute atomic E-state index is 12.1. The molecule has 1 N–H and O–H groups in total. The minimum Gasteiger partial charge on any atom is -0.466 e. The molecule has 4 heteroatoms. The van der Waals surface area contributed by atoms with E-state index in [2.05, 4.69) is 13.8 Å². The van der Waals surface area contributed by atoms with Crippen LogP contribution in [-0.4, -0.2) is 29.1 Å². The minimum atomic E-state index is -0.625. The third-order valence-corrected chi connectivity index (χ3v) is 10.3. The standard InChI is InChI=1S/C26H42O4/c1-4-6-23(28)30-16-5-12-26(29)15-11-22-20-8-7-18-17-19(27)9-13-24(18,2)21(20)10-14-25(22,26)3/h18,20-22,29H,4-17H2,1-3H3/t18?,20-,21-,22+,24+,25+,26?/m1/s1. The monoisotopic (exact) mass is 418 g/mol. The summed E-state index contributed by atoms with van der Waals surface area (Å²) in [5, 5.41) is 11.8. The molecule has 0 bridgehead atoms. The van der Waals surface area contributed by atoms with Crippen LogP contribution in [0.1, 0.15) is 104 Å². The average molecular weight is 419 g/mol. The molecular formula is C26H42O4. The normalized spacial score (nSPS) is 45.4. The first-order valence-corrected chi connectivity index (χ1v) is 12.6. The van der Waals surface area contributed by atoms with Gasteiger partial charge in [-0.1, -0.05) is 20.8 Å². The van der Waals surface area contributed by atoms with Crippen LogP contribution in [0.15, 0.2) is 0 Å². The van der Waals surface area contributed by atoms with Gasteiger partial charge in [0.25, 0.3) is 0 Å². The number of aliphatic hydroxyl groups is 1. The van der Waals surface area contributed by atoms with E-state index in [1.807, 2.05) is 6.92 Å². The fourth-order valence-electron chi connectivity index (χ4n) is 8.39. The molecule has 0 aromatic carbocycles. The minimum absolute atomic E-state index is 0.0186. The second-order valence-electron chi connectivity index (χ2n) is 11.5. The van der Waals surface area contributed by atoms with Gasteiger partial charge in [0.05, 0.1) is 12.2 Å². The van der Waals surface area contributed by atoms with Crippen molar-refractivity contribution in [1.82, 2.24) is 0 Å². The molecule has 0 saturated heterocycles. The van der Waals surface area contributed by atoms with Crippen molar-refractivity contribution in [3.8, 4) is 0 Å². The topological polar surface area (TPSA) is 63.6 Å². The Labute approximate surface area is 182 Å². The van der Waals surface area contributed by atoms with Crippen LogP contribution >= 0.6 is 0 Å². The van der Waals surface area contributed by atoms with Crippen LogP contribution < -0.4 is 0 Å². The van der Waals surface area contributed by atoms with Crippen molar-refractivity contribution in [1.29, 1.82) is 0 Å². The van der Waals surface area contributed by atoms with Gasteiger partial charge in [0.2, 0.25) is 0 Å². The average Bonchev–Trinajstić information content (AvgIpc) is 2.97. The van der Waals surface area contributed by atoms with Crippen LogP contribution in [0.3, 0.4) is 0 Å². The van der Waals surface area contributed by atoms with Gasteiger partial charge in [0.1, 0.15) is 5.78 Å². The molecule has 4 aliphatic carbocycles. The zero-order chi connectivity index (χ0) is 21.6. The van der Waals surface area contributed by atoms with Gasteiger partial charge in [0.15, 0.2) is 0 Å². The maximum atomic E-state index is 12.1. The largest absolute Gasteiger partial charge is 0.466 e. The van der Waals surface area contributed by atoms with Gasteiger partial charge in [-0.3, -0.25) is 9.59 Å². The zero-order valence-electron chi connectivity index (χ0n) is 19.4. The zero-order valence-corrected chi connectivity index (χ0v) is 19.4. The van der Waals surface area contributed by atoms with E-state index in [1.54, 1.807) is 0 Å². The molecule has 2 unspecified atom stereocenters. The highest BCUT2D eigenvalue weighted by atomic mass is 16.5. The summed E-state index contributed by atoms with van der Waals surface area (Å²) in [5.74, 6) is 2.97. The predicted octanol–water partition coefficient (Wildman–Crippen LogP) is 5.45. The number of carbonyl (C=O) groups is 2. The van der Waals surface area contributed by atoms with Crippen molar-refractivity contribution in [2.75, 3.05) is 6.61 Å². The fourth-order valence-corrected chi connectivity index (χ4v) is 8.39. The van der Waals surface area contributed by atoms with E-state index in [4.69, 9.17) is 4.74 Å². The Balaban J connectivity index is 1.42. The summed E-state index contributed by atoms with van der Waals surface area (Å²) in [6.45, 7) is 7.25. The summed E-state index contributed by atoms with van der Waals surface area (Å²) in [7, 11) is 0. The summed E-state index contributed by atoms with van der Waals surface area (Å²) in [5.41, 5.74) is -0.318. The van der Waals surface area contributed by atoms with E-state index >= 15 is 0 Å². The van der Waals surface area contributed by atoms with E-state index in [0.29, 0.717) is 42.0 Å². The predicted molar refractivity (Wildman–Crippen MR) is 117 cm³/mol. The molecule has 30 heavy (non-hydrogen) atoms. The summed E-state index contributed by atoms with van der Waals surface area (Å²) >= 11 is 0. The lowest BCUT2D eigenvalue weighted by atomic mass is 9.44. The molecule has 4 aliphatic rings.